The van der Waals surface area contributed by atoms with Crippen LogP contribution < -0.4 is 0 Å². The summed E-state index contributed by atoms with van der Waals surface area (Å²) in [6.07, 6.45) is 5.50. The maximum atomic E-state index is 8.68. The quantitative estimate of drug-likeness (QED) is 0.663. The van der Waals surface area contributed by atoms with Crippen LogP contribution in [0, 0.1) is 11.3 Å². The van der Waals surface area contributed by atoms with E-state index in [0.717, 1.165) is 25.1 Å². The highest BCUT2D eigenvalue weighted by Crippen LogP contribution is 2.14. The molecule has 1 atom stereocenters. The summed E-state index contributed by atoms with van der Waals surface area (Å²) >= 11 is 0. The average molecular weight is 178 g/mol. The van der Waals surface area contributed by atoms with Gasteiger partial charge in [0.1, 0.15) is 0 Å². The van der Waals surface area contributed by atoms with Crippen LogP contribution in [0.5, 0.6) is 0 Å². The molecule has 0 N–H and O–H groups in total. The van der Waals surface area contributed by atoms with Crippen molar-refractivity contribution in [3.05, 3.63) is 11.6 Å². The Labute approximate surface area is 80.8 Å². The van der Waals surface area contributed by atoms with E-state index >= 15 is 0 Å². The molecule has 1 aliphatic rings. The summed E-state index contributed by atoms with van der Waals surface area (Å²) < 4.78 is 0. The van der Waals surface area contributed by atoms with Crippen LogP contribution in [-0.2, 0) is 0 Å². The van der Waals surface area contributed by atoms with Gasteiger partial charge in [-0.15, -0.1) is 0 Å². The SMILES string of the molecule is CCCC(C)N1CC=C(C#N)CC1. The van der Waals surface area contributed by atoms with Crippen molar-refractivity contribution in [2.75, 3.05) is 13.1 Å². The first-order valence-electron chi connectivity index (χ1n) is 5.11. The van der Waals surface area contributed by atoms with Crippen LogP contribution in [-0.4, -0.2) is 24.0 Å². The molecule has 0 spiro atoms. The van der Waals surface area contributed by atoms with Gasteiger partial charge in [-0.25, -0.2) is 0 Å². The van der Waals surface area contributed by atoms with Crippen molar-refractivity contribution < 1.29 is 0 Å². The molecule has 0 fully saturated rings. The van der Waals surface area contributed by atoms with Crippen molar-refractivity contribution in [2.45, 2.75) is 39.2 Å². The van der Waals surface area contributed by atoms with Crippen LogP contribution in [0.15, 0.2) is 11.6 Å². The standard InChI is InChI=1S/C11H18N2/c1-3-4-10(2)13-7-5-11(9-12)6-8-13/h5,10H,3-4,6-8H2,1-2H3. The van der Waals surface area contributed by atoms with Gasteiger partial charge in [0.05, 0.1) is 6.07 Å². The molecule has 72 valence electrons. The summed E-state index contributed by atoms with van der Waals surface area (Å²) in [6.45, 7) is 6.51. The Balaban J connectivity index is 2.41. The van der Waals surface area contributed by atoms with Crippen molar-refractivity contribution in [1.82, 2.24) is 4.90 Å². The smallest absolute Gasteiger partial charge is 0.0944 e. The van der Waals surface area contributed by atoms with Gasteiger partial charge < -0.3 is 0 Å². The second-order valence-corrected chi connectivity index (χ2v) is 3.72. The lowest BCUT2D eigenvalue weighted by Gasteiger charge is -2.30. The molecule has 13 heavy (non-hydrogen) atoms. The highest BCUT2D eigenvalue weighted by molar-refractivity contribution is 5.23. The third-order valence-corrected chi connectivity index (χ3v) is 2.71. The first-order chi connectivity index (χ1) is 6.27. The lowest BCUT2D eigenvalue weighted by Crippen LogP contribution is -2.36. The minimum absolute atomic E-state index is 0.668. The lowest BCUT2D eigenvalue weighted by molar-refractivity contribution is 0.215. The second-order valence-electron chi connectivity index (χ2n) is 3.72. The highest BCUT2D eigenvalue weighted by Gasteiger charge is 2.15. The Bertz CT molecular complexity index is 225. The summed E-state index contributed by atoms with van der Waals surface area (Å²) in [4.78, 5) is 2.45. The summed E-state index contributed by atoms with van der Waals surface area (Å²) in [6, 6.07) is 2.90. The van der Waals surface area contributed by atoms with Crippen LogP contribution >= 0.6 is 0 Å². The monoisotopic (exact) mass is 178 g/mol. The van der Waals surface area contributed by atoms with E-state index in [1.807, 2.05) is 0 Å². The normalized spacial score (nSPS) is 20.5. The Morgan fingerprint density at radius 1 is 1.69 bits per heavy atom. The molecule has 1 aliphatic heterocycles. The third-order valence-electron chi connectivity index (χ3n) is 2.71. The Morgan fingerprint density at radius 2 is 2.46 bits per heavy atom. The van der Waals surface area contributed by atoms with Gasteiger partial charge >= 0.3 is 0 Å². The van der Waals surface area contributed by atoms with E-state index in [0.29, 0.717) is 6.04 Å². The molecule has 1 rings (SSSR count). The van der Waals surface area contributed by atoms with E-state index in [9.17, 15) is 0 Å². The fourth-order valence-corrected chi connectivity index (χ4v) is 1.79. The molecule has 2 heteroatoms. The van der Waals surface area contributed by atoms with Crippen LogP contribution in [0.25, 0.3) is 0 Å². The number of hydrogen-bond donors (Lipinski definition) is 0. The number of nitrogens with zero attached hydrogens (tertiary/aromatic N) is 2. The van der Waals surface area contributed by atoms with Crippen LogP contribution in [0.2, 0.25) is 0 Å². The van der Waals surface area contributed by atoms with Gasteiger partial charge in [-0.05, 0) is 19.8 Å². The third kappa shape index (κ3) is 2.86. The van der Waals surface area contributed by atoms with Crippen LogP contribution in [0.3, 0.4) is 0 Å². The molecule has 0 bridgehead atoms. The molecule has 0 aromatic carbocycles. The van der Waals surface area contributed by atoms with Gasteiger partial charge in [-0.2, -0.15) is 5.26 Å². The summed E-state index contributed by atoms with van der Waals surface area (Å²) in [5.41, 5.74) is 0.958. The fraction of sp³-hybridized carbons (Fsp3) is 0.727. The molecule has 1 unspecified atom stereocenters. The minimum Gasteiger partial charge on any atom is -0.297 e. The molecular weight excluding hydrogens is 160 g/mol. The molecule has 0 amide bonds. The maximum absolute atomic E-state index is 8.68. The molecule has 0 aromatic heterocycles. The number of nitriles is 1. The number of rotatable bonds is 3. The van der Waals surface area contributed by atoms with Crippen molar-refractivity contribution >= 4 is 0 Å². The van der Waals surface area contributed by atoms with E-state index in [4.69, 9.17) is 5.26 Å². The van der Waals surface area contributed by atoms with Crippen LogP contribution in [0.4, 0.5) is 0 Å². The van der Waals surface area contributed by atoms with Crippen molar-refractivity contribution in [2.24, 2.45) is 0 Å². The van der Waals surface area contributed by atoms with Crippen molar-refractivity contribution in [3.8, 4) is 6.07 Å². The van der Waals surface area contributed by atoms with Crippen molar-refractivity contribution in [1.29, 1.82) is 5.26 Å². The molecule has 0 radical (unpaired) electrons. The largest absolute Gasteiger partial charge is 0.297 e. The first-order valence-corrected chi connectivity index (χ1v) is 5.11. The Kier molecular flexibility index (Phi) is 3.98. The molecule has 0 aliphatic carbocycles. The lowest BCUT2D eigenvalue weighted by atomic mass is 10.1. The highest BCUT2D eigenvalue weighted by atomic mass is 15.1. The summed E-state index contributed by atoms with van der Waals surface area (Å²) in [7, 11) is 0. The molecule has 0 saturated carbocycles. The Morgan fingerprint density at radius 3 is 2.92 bits per heavy atom. The topological polar surface area (TPSA) is 27.0 Å². The van der Waals surface area contributed by atoms with Crippen molar-refractivity contribution in [3.63, 3.8) is 0 Å². The fourth-order valence-electron chi connectivity index (χ4n) is 1.79. The van der Waals surface area contributed by atoms with Gasteiger partial charge in [-0.3, -0.25) is 4.90 Å². The van der Waals surface area contributed by atoms with Crippen LogP contribution in [0.1, 0.15) is 33.1 Å². The zero-order valence-corrected chi connectivity index (χ0v) is 8.58. The van der Waals surface area contributed by atoms with E-state index in [2.05, 4.69) is 30.9 Å². The van der Waals surface area contributed by atoms with Gasteiger partial charge in [0, 0.05) is 24.7 Å². The zero-order valence-electron chi connectivity index (χ0n) is 8.58. The molecule has 2 nitrogen and oxygen atoms in total. The van der Waals surface area contributed by atoms with Gasteiger partial charge in [0.25, 0.3) is 0 Å². The first kappa shape index (κ1) is 10.3. The molecule has 0 aromatic rings. The summed E-state index contributed by atoms with van der Waals surface area (Å²) in [5.74, 6) is 0. The minimum atomic E-state index is 0.668. The van der Waals surface area contributed by atoms with E-state index in [-0.39, 0.29) is 0 Å². The number of hydrogen-bond acceptors (Lipinski definition) is 2. The predicted molar refractivity (Wildman–Crippen MR) is 54.3 cm³/mol. The van der Waals surface area contributed by atoms with E-state index < -0.39 is 0 Å². The Hall–Kier alpha value is -0.810. The van der Waals surface area contributed by atoms with E-state index in [1.54, 1.807) is 0 Å². The second kappa shape index (κ2) is 5.04. The zero-order chi connectivity index (χ0) is 9.68. The molecule has 0 saturated heterocycles. The van der Waals surface area contributed by atoms with E-state index in [1.165, 1.54) is 12.8 Å². The molecular formula is C11H18N2. The molecule has 1 heterocycles. The van der Waals surface area contributed by atoms with Gasteiger partial charge in [0.2, 0.25) is 0 Å². The maximum Gasteiger partial charge on any atom is 0.0944 e. The van der Waals surface area contributed by atoms with Gasteiger partial charge in [0.15, 0.2) is 0 Å². The van der Waals surface area contributed by atoms with Gasteiger partial charge in [-0.1, -0.05) is 19.4 Å². The average Bonchev–Trinajstić information content (AvgIpc) is 2.18. The summed E-state index contributed by atoms with van der Waals surface area (Å²) in [5, 5.41) is 8.68. The predicted octanol–water partition coefficient (Wildman–Crippen LogP) is 2.33.